The highest BCUT2D eigenvalue weighted by molar-refractivity contribution is 5.29. The third kappa shape index (κ3) is 3.64. The van der Waals surface area contributed by atoms with Gasteiger partial charge in [-0.3, -0.25) is 4.90 Å². The zero-order chi connectivity index (χ0) is 16.9. The van der Waals surface area contributed by atoms with Crippen molar-refractivity contribution in [1.29, 1.82) is 0 Å². The van der Waals surface area contributed by atoms with Gasteiger partial charge in [0.2, 0.25) is 0 Å². The van der Waals surface area contributed by atoms with E-state index in [2.05, 4.69) is 55.1 Å². The van der Waals surface area contributed by atoms with Crippen LogP contribution in [-0.2, 0) is 13.0 Å². The molecule has 0 spiro atoms. The van der Waals surface area contributed by atoms with Crippen LogP contribution in [-0.4, -0.2) is 23.2 Å². The number of likely N-dealkylation sites (tertiary alicyclic amines) is 1. The lowest BCUT2D eigenvalue weighted by atomic mass is 10.0. The van der Waals surface area contributed by atoms with Gasteiger partial charge in [-0.1, -0.05) is 31.1 Å². The highest BCUT2D eigenvalue weighted by atomic mass is 16.5. The molecule has 1 aromatic heterocycles. The molecule has 0 aliphatic carbocycles. The SMILES string of the molecule is CCCOc1ccc(CN2CCC[C@H]2c2c(C)noc2CC)cc1. The van der Waals surface area contributed by atoms with Crippen LogP contribution in [0.25, 0.3) is 0 Å². The number of aromatic nitrogens is 1. The van der Waals surface area contributed by atoms with Crippen LogP contribution in [0, 0.1) is 6.92 Å². The molecule has 0 bridgehead atoms. The molecule has 2 heterocycles. The van der Waals surface area contributed by atoms with Gasteiger partial charge in [-0.2, -0.15) is 0 Å². The van der Waals surface area contributed by atoms with E-state index in [1.54, 1.807) is 0 Å². The maximum atomic E-state index is 5.67. The fourth-order valence-corrected chi connectivity index (χ4v) is 3.59. The Balaban J connectivity index is 1.71. The van der Waals surface area contributed by atoms with Gasteiger partial charge in [-0.05, 0) is 50.4 Å². The molecule has 24 heavy (non-hydrogen) atoms. The molecule has 3 rings (SSSR count). The zero-order valence-corrected chi connectivity index (χ0v) is 15.0. The first-order valence-corrected chi connectivity index (χ1v) is 9.13. The molecule has 1 saturated heterocycles. The predicted molar refractivity (Wildman–Crippen MR) is 95.2 cm³/mol. The second kappa shape index (κ2) is 7.84. The van der Waals surface area contributed by atoms with Crippen molar-refractivity contribution < 1.29 is 9.26 Å². The molecule has 0 radical (unpaired) electrons. The Morgan fingerprint density at radius 1 is 1.25 bits per heavy atom. The van der Waals surface area contributed by atoms with E-state index in [-0.39, 0.29) is 0 Å². The normalized spacial score (nSPS) is 18.2. The van der Waals surface area contributed by atoms with E-state index < -0.39 is 0 Å². The highest BCUT2D eigenvalue weighted by Gasteiger charge is 2.31. The van der Waals surface area contributed by atoms with Crippen LogP contribution < -0.4 is 4.74 Å². The van der Waals surface area contributed by atoms with Crippen molar-refractivity contribution in [3.63, 3.8) is 0 Å². The predicted octanol–water partition coefficient (Wildman–Crippen LogP) is 4.67. The van der Waals surface area contributed by atoms with Gasteiger partial charge in [-0.25, -0.2) is 0 Å². The number of aryl methyl sites for hydroxylation is 2. The monoisotopic (exact) mass is 328 g/mol. The highest BCUT2D eigenvalue weighted by Crippen LogP contribution is 2.37. The largest absolute Gasteiger partial charge is 0.494 e. The number of hydrogen-bond acceptors (Lipinski definition) is 4. The van der Waals surface area contributed by atoms with Gasteiger partial charge in [0, 0.05) is 24.6 Å². The molecule has 1 aliphatic heterocycles. The molecule has 1 aromatic carbocycles. The standard InChI is InChI=1S/C20H28N2O2/c1-4-13-23-17-10-8-16(9-11-17)14-22-12-6-7-18(22)20-15(3)21-24-19(20)5-2/h8-11,18H,4-7,12-14H2,1-3H3/t18-/m0/s1. The van der Waals surface area contributed by atoms with Crippen molar-refractivity contribution in [1.82, 2.24) is 10.1 Å². The van der Waals surface area contributed by atoms with E-state index in [1.807, 2.05) is 0 Å². The fourth-order valence-electron chi connectivity index (χ4n) is 3.59. The lowest BCUT2D eigenvalue weighted by Crippen LogP contribution is -2.23. The Morgan fingerprint density at radius 3 is 2.75 bits per heavy atom. The van der Waals surface area contributed by atoms with Gasteiger partial charge in [0.05, 0.1) is 12.3 Å². The molecule has 4 nitrogen and oxygen atoms in total. The maximum Gasteiger partial charge on any atom is 0.141 e. The minimum absolute atomic E-state index is 0.433. The van der Waals surface area contributed by atoms with Crippen LogP contribution in [0.3, 0.4) is 0 Å². The average molecular weight is 328 g/mol. The summed E-state index contributed by atoms with van der Waals surface area (Å²) >= 11 is 0. The van der Waals surface area contributed by atoms with E-state index >= 15 is 0 Å². The first-order valence-electron chi connectivity index (χ1n) is 9.13. The number of rotatable bonds is 7. The fraction of sp³-hybridized carbons (Fsp3) is 0.550. The number of nitrogens with zero attached hydrogens (tertiary/aromatic N) is 2. The quantitative estimate of drug-likeness (QED) is 0.740. The van der Waals surface area contributed by atoms with E-state index in [0.29, 0.717) is 6.04 Å². The summed E-state index contributed by atoms with van der Waals surface area (Å²) in [6.45, 7) is 9.20. The molecular weight excluding hydrogens is 300 g/mol. The smallest absolute Gasteiger partial charge is 0.141 e. The van der Waals surface area contributed by atoms with E-state index in [0.717, 1.165) is 49.7 Å². The average Bonchev–Trinajstić information content (AvgIpc) is 3.20. The number of hydrogen-bond donors (Lipinski definition) is 0. The lowest BCUT2D eigenvalue weighted by Gasteiger charge is -2.25. The molecule has 0 N–H and O–H groups in total. The van der Waals surface area contributed by atoms with Gasteiger partial charge in [-0.15, -0.1) is 0 Å². The van der Waals surface area contributed by atoms with Crippen LogP contribution in [0.4, 0.5) is 0 Å². The van der Waals surface area contributed by atoms with Crippen LogP contribution in [0.15, 0.2) is 28.8 Å². The minimum Gasteiger partial charge on any atom is -0.494 e. The summed E-state index contributed by atoms with van der Waals surface area (Å²) < 4.78 is 11.2. The third-order valence-electron chi connectivity index (χ3n) is 4.78. The van der Waals surface area contributed by atoms with Gasteiger partial charge in [0.25, 0.3) is 0 Å². The van der Waals surface area contributed by atoms with Crippen LogP contribution in [0.1, 0.15) is 61.7 Å². The summed E-state index contributed by atoms with van der Waals surface area (Å²) in [5.74, 6) is 2.01. The summed E-state index contributed by atoms with van der Waals surface area (Å²) in [5.41, 5.74) is 3.70. The van der Waals surface area contributed by atoms with Crippen molar-refractivity contribution in [2.45, 2.75) is 59.0 Å². The molecule has 2 aromatic rings. The summed E-state index contributed by atoms with van der Waals surface area (Å²) in [4.78, 5) is 2.56. The van der Waals surface area contributed by atoms with Crippen molar-refractivity contribution in [2.75, 3.05) is 13.2 Å². The lowest BCUT2D eigenvalue weighted by molar-refractivity contribution is 0.245. The van der Waals surface area contributed by atoms with Crippen LogP contribution in [0.2, 0.25) is 0 Å². The second-order valence-electron chi connectivity index (χ2n) is 6.58. The number of ether oxygens (including phenoxy) is 1. The molecule has 1 aliphatic rings. The summed E-state index contributed by atoms with van der Waals surface area (Å²) in [6.07, 6.45) is 4.36. The van der Waals surface area contributed by atoms with Crippen molar-refractivity contribution >= 4 is 0 Å². The Bertz CT molecular complexity index is 648. The second-order valence-corrected chi connectivity index (χ2v) is 6.58. The molecule has 0 unspecified atom stereocenters. The molecule has 130 valence electrons. The van der Waals surface area contributed by atoms with Crippen molar-refractivity contribution in [3.8, 4) is 5.75 Å². The van der Waals surface area contributed by atoms with Crippen LogP contribution in [0.5, 0.6) is 5.75 Å². The Labute approximate surface area is 144 Å². The maximum absolute atomic E-state index is 5.67. The van der Waals surface area contributed by atoms with E-state index in [9.17, 15) is 0 Å². The number of benzene rings is 1. The molecule has 1 fully saturated rings. The van der Waals surface area contributed by atoms with E-state index in [4.69, 9.17) is 9.26 Å². The van der Waals surface area contributed by atoms with Gasteiger partial charge in [0.15, 0.2) is 0 Å². The Kier molecular flexibility index (Phi) is 5.56. The first kappa shape index (κ1) is 17.0. The topological polar surface area (TPSA) is 38.5 Å². The van der Waals surface area contributed by atoms with Crippen molar-refractivity contribution in [2.24, 2.45) is 0 Å². The van der Waals surface area contributed by atoms with Gasteiger partial charge < -0.3 is 9.26 Å². The Hall–Kier alpha value is -1.81. The first-order chi connectivity index (χ1) is 11.7. The third-order valence-corrected chi connectivity index (χ3v) is 4.78. The minimum atomic E-state index is 0.433. The van der Waals surface area contributed by atoms with E-state index in [1.165, 1.54) is 24.0 Å². The van der Waals surface area contributed by atoms with Crippen LogP contribution >= 0.6 is 0 Å². The summed E-state index contributed by atoms with van der Waals surface area (Å²) in [6, 6.07) is 8.96. The summed E-state index contributed by atoms with van der Waals surface area (Å²) in [7, 11) is 0. The zero-order valence-electron chi connectivity index (χ0n) is 15.0. The molecule has 1 atom stereocenters. The van der Waals surface area contributed by atoms with Gasteiger partial charge in [0.1, 0.15) is 11.5 Å². The Morgan fingerprint density at radius 2 is 2.04 bits per heavy atom. The summed E-state index contributed by atoms with van der Waals surface area (Å²) in [5, 5.41) is 4.20. The van der Waals surface area contributed by atoms with Gasteiger partial charge >= 0.3 is 0 Å². The van der Waals surface area contributed by atoms with Crippen molar-refractivity contribution in [3.05, 3.63) is 46.8 Å². The molecule has 0 amide bonds. The molecule has 0 saturated carbocycles. The molecule has 4 heteroatoms. The molecular formula is C20H28N2O2.